The maximum atomic E-state index is 12.8. The van der Waals surface area contributed by atoms with Crippen molar-refractivity contribution in [3.63, 3.8) is 0 Å². The van der Waals surface area contributed by atoms with E-state index in [4.69, 9.17) is 16.3 Å². The molecule has 31 heavy (non-hydrogen) atoms. The van der Waals surface area contributed by atoms with E-state index in [0.717, 1.165) is 17.7 Å². The van der Waals surface area contributed by atoms with E-state index in [-0.39, 0.29) is 23.8 Å². The highest BCUT2D eigenvalue weighted by Gasteiger charge is 2.44. The average Bonchev–Trinajstić information content (AvgIpc) is 3.29. The van der Waals surface area contributed by atoms with Crippen molar-refractivity contribution in [2.75, 3.05) is 18.0 Å². The SMILES string of the molecule is O=C(CC1OC(CNS(=O)(=O)c2ccc(Cl)cc2)C(O)C1O)N1CCc2ccccc21. The number of nitrogens with zero attached hydrogens (tertiary/aromatic N) is 1. The molecule has 0 saturated carbocycles. The van der Waals surface area contributed by atoms with Crippen LogP contribution < -0.4 is 9.62 Å². The van der Waals surface area contributed by atoms with Crippen LogP contribution in [0, 0.1) is 0 Å². The molecule has 2 aliphatic heterocycles. The van der Waals surface area contributed by atoms with Gasteiger partial charge in [-0.2, -0.15) is 0 Å². The first-order valence-corrected chi connectivity index (χ1v) is 11.8. The number of fused-ring (bicyclic) bond motifs is 1. The third-order valence-electron chi connectivity index (χ3n) is 5.62. The Morgan fingerprint density at radius 1 is 1.10 bits per heavy atom. The molecular weight excluding hydrogens is 444 g/mol. The lowest BCUT2D eigenvalue weighted by Gasteiger charge is -2.21. The number of halogens is 1. The fraction of sp³-hybridized carbons (Fsp3) is 0.381. The average molecular weight is 467 g/mol. The van der Waals surface area contributed by atoms with Crippen molar-refractivity contribution in [1.82, 2.24) is 4.72 Å². The summed E-state index contributed by atoms with van der Waals surface area (Å²) in [4.78, 5) is 14.4. The zero-order chi connectivity index (χ0) is 22.2. The molecule has 4 atom stereocenters. The number of sulfonamides is 1. The number of aliphatic hydroxyl groups excluding tert-OH is 2. The first kappa shape index (κ1) is 22.2. The fourth-order valence-corrected chi connectivity index (χ4v) is 5.10. The lowest BCUT2D eigenvalue weighted by atomic mass is 10.1. The second-order valence-electron chi connectivity index (χ2n) is 7.63. The van der Waals surface area contributed by atoms with E-state index in [9.17, 15) is 23.4 Å². The number of carbonyl (C=O) groups is 1. The topological polar surface area (TPSA) is 116 Å². The summed E-state index contributed by atoms with van der Waals surface area (Å²) in [6.45, 7) is 0.300. The highest BCUT2D eigenvalue weighted by atomic mass is 35.5. The number of carbonyl (C=O) groups excluding carboxylic acids is 1. The van der Waals surface area contributed by atoms with Crippen molar-refractivity contribution in [3.05, 3.63) is 59.1 Å². The molecular formula is C21H23ClN2O6S. The molecule has 166 valence electrons. The summed E-state index contributed by atoms with van der Waals surface area (Å²) >= 11 is 5.78. The smallest absolute Gasteiger partial charge is 0.240 e. The van der Waals surface area contributed by atoms with Crippen LogP contribution in [0.1, 0.15) is 12.0 Å². The Labute approximate surface area is 185 Å². The maximum Gasteiger partial charge on any atom is 0.240 e. The standard InChI is InChI=1S/C21H23ClN2O6S/c22-14-5-7-15(8-6-14)31(28,29)23-12-18-21(27)20(26)17(30-18)11-19(25)24-10-9-13-3-1-2-4-16(13)24/h1-8,17-18,20-21,23,26-27H,9-12H2. The Morgan fingerprint density at radius 2 is 1.77 bits per heavy atom. The van der Waals surface area contributed by atoms with Crippen molar-refractivity contribution in [2.45, 2.75) is 42.2 Å². The van der Waals surface area contributed by atoms with Gasteiger partial charge >= 0.3 is 0 Å². The van der Waals surface area contributed by atoms with Gasteiger partial charge in [-0.25, -0.2) is 13.1 Å². The van der Waals surface area contributed by atoms with E-state index in [1.54, 1.807) is 4.90 Å². The first-order valence-electron chi connectivity index (χ1n) is 9.91. The minimum Gasteiger partial charge on any atom is -0.388 e. The second kappa shape index (κ2) is 8.85. The summed E-state index contributed by atoms with van der Waals surface area (Å²) in [5, 5.41) is 21.1. The van der Waals surface area contributed by atoms with Crippen molar-refractivity contribution in [2.24, 2.45) is 0 Å². The van der Waals surface area contributed by atoms with Crippen molar-refractivity contribution < 1.29 is 28.2 Å². The number of hydrogen-bond donors (Lipinski definition) is 3. The quantitative estimate of drug-likeness (QED) is 0.586. The maximum absolute atomic E-state index is 12.8. The van der Waals surface area contributed by atoms with E-state index >= 15 is 0 Å². The van der Waals surface area contributed by atoms with Gasteiger partial charge in [0.15, 0.2) is 0 Å². The summed E-state index contributed by atoms with van der Waals surface area (Å²) < 4.78 is 32.9. The van der Waals surface area contributed by atoms with E-state index in [1.807, 2.05) is 24.3 Å². The van der Waals surface area contributed by atoms with Gasteiger partial charge in [0.1, 0.15) is 18.3 Å². The lowest BCUT2D eigenvalue weighted by Crippen LogP contribution is -2.40. The van der Waals surface area contributed by atoms with Gasteiger partial charge in [-0.1, -0.05) is 29.8 Å². The normalized spacial score (nSPS) is 25.6. The van der Waals surface area contributed by atoms with Crippen LogP contribution in [-0.4, -0.2) is 62.0 Å². The van der Waals surface area contributed by atoms with Crippen LogP contribution in [0.5, 0.6) is 0 Å². The van der Waals surface area contributed by atoms with E-state index in [0.29, 0.717) is 11.6 Å². The van der Waals surface area contributed by atoms with Crippen molar-refractivity contribution in [3.8, 4) is 0 Å². The van der Waals surface area contributed by atoms with Gasteiger partial charge in [-0.15, -0.1) is 0 Å². The molecule has 10 heteroatoms. The Bertz CT molecular complexity index is 1060. The third kappa shape index (κ3) is 4.62. The number of aliphatic hydroxyl groups is 2. The summed E-state index contributed by atoms with van der Waals surface area (Å²) in [7, 11) is -3.85. The molecule has 0 bridgehead atoms. The molecule has 1 saturated heterocycles. The Morgan fingerprint density at radius 3 is 2.52 bits per heavy atom. The summed E-state index contributed by atoms with van der Waals surface area (Å²) in [6.07, 6.45) is -3.90. The number of amides is 1. The number of ether oxygens (including phenoxy) is 1. The van der Waals surface area contributed by atoms with Crippen LogP contribution in [0.2, 0.25) is 5.02 Å². The molecule has 1 amide bonds. The molecule has 4 unspecified atom stereocenters. The van der Waals surface area contributed by atoms with Gasteiger partial charge < -0.3 is 19.8 Å². The molecule has 2 aromatic carbocycles. The Balaban J connectivity index is 1.37. The molecule has 3 N–H and O–H groups in total. The minimum absolute atomic E-state index is 0.0179. The number of rotatable bonds is 6. The molecule has 2 aliphatic rings. The van der Waals surface area contributed by atoms with Crippen LogP contribution in [0.25, 0.3) is 0 Å². The van der Waals surface area contributed by atoms with Crippen LogP contribution in [0.3, 0.4) is 0 Å². The van der Waals surface area contributed by atoms with E-state index < -0.39 is 34.4 Å². The highest BCUT2D eigenvalue weighted by Crippen LogP contribution is 2.30. The fourth-order valence-electron chi connectivity index (χ4n) is 3.93. The molecule has 2 aromatic rings. The van der Waals surface area contributed by atoms with E-state index in [2.05, 4.69) is 4.72 Å². The van der Waals surface area contributed by atoms with E-state index in [1.165, 1.54) is 24.3 Å². The Kier molecular flexibility index (Phi) is 6.34. The number of anilines is 1. The monoisotopic (exact) mass is 466 g/mol. The summed E-state index contributed by atoms with van der Waals surface area (Å²) in [5.74, 6) is -0.219. The van der Waals surface area contributed by atoms with Crippen LogP contribution >= 0.6 is 11.6 Å². The van der Waals surface area contributed by atoms with Crippen LogP contribution in [-0.2, 0) is 26.0 Å². The van der Waals surface area contributed by atoms with Gasteiger partial charge in [0.25, 0.3) is 0 Å². The molecule has 0 aromatic heterocycles. The number of benzene rings is 2. The molecule has 0 radical (unpaired) electrons. The largest absolute Gasteiger partial charge is 0.388 e. The van der Waals surface area contributed by atoms with Crippen LogP contribution in [0.15, 0.2) is 53.4 Å². The Hall–Kier alpha value is -2.01. The van der Waals surface area contributed by atoms with Gasteiger partial charge in [-0.05, 0) is 42.3 Å². The predicted octanol–water partition coefficient (Wildman–Crippen LogP) is 1.09. The lowest BCUT2D eigenvalue weighted by molar-refractivity contribution is -0.122. The predicted molar refractivity (Wildman–Crippen MR) is 114 cm³/mol. The first-order chi connectivity index (χ1) is 14.8. The molecule has 1 fully saturated rings. The summed E-state index contributed by atoms with van der Waals surface area (Å²) in [5.41, 5.74) is 1.92. The minimum atomic E-state index is -3.85. The zero-order valence-corrected chi connectivity index (χ0v) is 18.1. The van der Waals surface area contributed by atoms with Gasteiger partial charge in [0.05, 0.1) is 17.4 Å². The van der Waals surface area contributed by atoms with Gasteiger partial charge in [0.2, 0.25) is 15.9 Å². The number of hydrogen-bond acceptors (Lipinski definition) is 6. The number of nitrogens with one attached hydrogen (secondary N) is 1. The molecule has 0 spiro atoms. The highest BCUT2D eigenvalue weighted by molar-refractivity contribution is 7.89. The second-order valence-corrected chi connectivity index (χ2v) is 9.83. The van der Waals surface area contributed by atoms with Gasteiger partial charge in [-0.3, -0.25) is 4.79 Å². The molecule has 2 heterocycles. The molecule has 8 nitrogen and oxygen atoms in total. The van der Waals surface area contributed by atoms with Crippen LogP contribution in [0.4, 0.5) is 5.69 Å². The van der Waals surface area contributed by atoms with Gasteiger partial charge in [0, 0.05) is 23.8 Å². The third-order valence-corrected chi connectivity index (χ3v) is 7.32. The zero-order valence-electron chi connectivity index (χ0n) is 16.5. The molecule has 0 aliphatic carbocycles. The molecule has 4 rings (SSSR count). The summed E-state index contributed by atoms with van der Waals surface area (Å²) in [6, 6.07) is 13.3. The van der Waals surface area contributed by atoms with Crippen molar-refractivity contribution in [1.29, 1.82) is 0 Å². The van der Waals surface area contributed by atoms with Crippen molar-refractivity contribution >= 4 is 33.2 Å². The number of para-hydroxylation sites is 1.